The van der Waals surface area contributed by atoms with Gasteiger partial charge in [-0.3, -0.25) is 9.52 Å². The molecule has 0 bridgehead atoms. The van der Waals surface area contributed by atoms with Gasteiger partial charge in [0.15, 0.2) is 11.5 Å². The number of anilines is 2. The molecular weight excluding hydrogens is 408 g/mol. The molecule has 0 saturated carbocycles. The minimum atomic E-state index is -3.64. The van der Waals surface area contributed by atoms with Gasteiger partial charge in [0, 0.05) is 25.0 Å². The molecule has 8 nitrogen and oxygen atoms in total. The maximum absolute atomic E-state index is 12.7. The number of aryl methyl sites for hydroxylation is 1. The second kappa shape index (κ2) is 9.36. The van der Waals surface area contributed by atoms with E-state index >= 15 is 0 Å². The highest BCUT2D eigenvalue weighted by Gasteiger charge is 2.23. The van der Waals surface area contributed by atoms with Crippen LogP contribution in [0.4, 0.5) is 11.4 Å². The van der Waals surface area contributed by atoms with E-state index in [-0.39, 0.29) is 18.3 Å². The Balaban J connectivity index is 1.77. The molecule has 1 aliphatic rings. The van der Waals surface area contributed by atoms with Gasteiger partial charge in [0.05, 0.1) is 20.0 Å². The van der Waals surface area contributed by atoms with Gasteiger partial charge in [-0.2, -0.15) is 0 Å². The van der Waals surface area contributed by atoms with Gasteiger partial charge in [-0.1, -0.05) is 6.07 Å². The first-order chi connectivity index (χ1) is 14.4. The van der Waals surface area contributed by atoms with Crippen molar-refractivity contribution in [1.29, 1.82) is 0 Å². The highest BCUT2D eigenvalue weighted by molar-refractivity contribution is 7.91. The largest absolute Gasteiger partial charge is 0.493 e. The predicted octanol–water partition coefficient (Wildman–Crippen LogP) is 2.57. The summed E-state index contributed by atoms with van der Waals surface area (Å²) in [5, 5.41) is 0. The molecule has 0 atom stereocenters. The average molecular weight is 435 g/mol. The van der Waals surface area contributed by atoms with Crippen molar-refractivity contribution in [3.05, 3.63) is 47.5 Å². The van der Waals surface area contributed by atoms with Crippen molar-refractivity contribution in [2.45, 2.75) is 18.6 Å². The van der Waals surface area contributed by atoms with Crippen LogP contribution in [-0.2, 0) is 31.7 Å². The molecule has 1 aliphatic heterocycles. The summed E-state index contributed by atoms with van der Waals surface area (Å²) in [4.78, 5) is 13.9. The quantitative estimate of drug-likeness (QED) is 0.686. The number of hydrogen-bond acceptors (Lipinski definition) is 6. The fourth-order valence-corrected chi connectivity index (χ4v) is 4.70. The van der Waals surface area contributed by atoms with Crippen molar-refractivity contribution in [2.75, 3.05) is 44.1 Å². The van der Waals surface area contributed by atoms with Gasteiger partial charge in [0.25, 0.3) is 5.91 Å². The van der Waals surface area contributed by atoms with Crippen LogP contribution >= 0.6 is 0 Å². The zero-order valence-corrected chi connectivity index (χ0v) is 18.1. The van der Waals surface area contributed by atoms with Crippen molar-refractivity contribution in [3.63, 3.8) is 0 Å². The minimum absolute atomic E-state index is 0.0130. The Morgan fingerprint density at radius 1 is 1.07 bits per heavy atom. The van der Waals surface area contributed by atoms with Gasteiger partial charge in [-0.15, -0.1) is 0 Å². The fourth-order valence-electron chi connectivity index (χ4n) is 3.53. The second-order valence-electron chi connectivity index (χ2n) is 6.98. The van der Waals surface area contributed by atoms with Crippen LogP contribution in [0, 0.1) is 0 Å². The van der Waals surface area contributed by atoms with E-state index in [4.69, 9.17) is 14.2 Å². The Labute approximate surface area is 176 Å². The first-order valence-corrected chi connectivity index (χ1v) is 11.2. The maximum atomic E-state index is 12.7. The minimum Gasteiger partial charge on any atom is -0.493 e. The van der Waals surface area contributed by atoms with Gasteiger partial charge in [-0.25, -0.2) is 8.42 Å². The number of carbonyl (C=O) groups is 1. The monoisotopic (exact) mass is 434 g/mol. The van der Waals surface area contributed by atoms with Crippen LogP contribution in [0.25, 0.3) is 0 Å². The first-order valence-electron chi connectivity index (χ1n) is 9.50. The van der Waals surface area contributed by atoms with E-state index in [1.165, 1.54) is 21.3 Å². The zero-order chi connectivity index (χ0) is 21.7. The summed E-state index contributed by atoms with van der Waals surface area (Å²) in [6.07, 6.45) is 1.58. The molecule has 2 aromatic rings. The molecule has 0 aromatic heterocycles. The Morgan fingerprint density at radius 3 is 2.53 bits per heavy atom. The van der Waals surface area contributed by atoms with E-state index < -0.39 is 10.0 Å². The SMILES string of the molecule is COCC(=O)N1CCCc2cc(NS(=O)(=O)Cc3ccc(OC)c(OC)c3)ccc21. The molecule has 3 rings (SSSR count). The predicted molar refractivity (Wildman–Crippen MR) is 115 cm³/mol. The highest BCUT2D eigenvalue weighted by Crippen LogP contribution is 2.31. The molecule has 0 saturated heterocycles. The number of sulfonamides is 1. The van der Waals surface area contributed by atoms with Crippen LogP contribution in [-0.4, -0.2) is 48.8 Å². The highest BCUT2D eigenvalue weighted by atomic mass is 32.2. The standard InChI is InChI=1S/C21H26N2O6S/c1-27-13-21(24)23-10-4-5-16-12-17(7-8-18(16)23)22-30(25,26)14-15-6-9-19(28-2)20(11-15)29-3/h6-9,11-12,22H,4-5,10,13-14H2,1-3H3. The Kier molecular flexibility index (Phi) is 6.84. The summed E-state index contributed by atoms with van der Waals surface area (Å²) in [5.41, 5.74) is 2.77. The van der Waals surface area contributed by atoms with Crippen LogP contribution in [0.15, 0.2) is 36.4 Å². The molecular formula is C21H26N2O6S. The third-order valence-electron chi connectivity index (χ3n) is 4.84. The number of fused-ring (bicyclic) bond motifs is 1. The number of benzene rings is 2. The number of nitrogens with zero attached hydrogens (tertiary/aromatic N) is 1. The molecule has 0 spiro atoms. The summed E-state index contributed by atoms with van der Waals surface area (Å²) in [6, 6.07) is 10.2. The summed E-state index contributed by atoms with van der Waals surface area (Å²) >= 11 is 0. The number of rotatable bonds is 8. The third-order valence-corrected chi connectivity index (χ3v) is 6.11. The number of nitrogens with one attached hydrogen (secondary N) is 1. The molecule has 2 aromatic carbocycles. The van der Waals surface area contributed by atoms with Gasteiger partial charge >= 0.3 is 0 Å². The van der Waals surface area contributed by atoms with E-state index in [0.29, 0.717) is 29.3 Å². The van der Waals surface area contributed by atoms with Gasteiger partial charge in [0.1, 0.15) is 6.61 Å². The van der Waals surface area contributed by atoms with Gasteiger partial charge in [0.2, 0.25) is 10.0 Å². The lowest BCUT2D eigenvalue weighted by molar-refractivity contribution is -0.122. The van der Waals surface area contributed by atoms with Crippen LogP contribution < -0.4 is 19.1 Å². The second-order valence-corrected chi connectivity index (χ2v) is 8.70. The number of amides is 1. The summed E-state index contributed by atoms with van der Waals surface area (Å²) in [6.45, 7) is 0.638. The van der Waals surface area contributed by atoms with Crippen LogP contribution in [0.2, 0.25) is 0 Å². The molecule has 0 aliphatic carbocycles. The van der Waals surface area contributed by atoms with E-state index in [0.717, 1.165) is 24.1 Å². The van der Waals surface area contributed by atoms with E-state index in [1.54, 1.807) is 41.3 Å². The lowest BCUT2D eigenvalue weighted by Crippen LogP contribution is -2.37. The molecule has 0 radical (unpaired) electrons. The summed E-state index contributed by atoms with van der Waals surface area (Å²) in [7, 11) is 0.867. The average Bonchev–Trinajstić information content (AvgIpc) is 2.72. The van der Waals surface area contributed by atoms with Crippen LogP contribution in [0.5, 0.6) is 11.5 Å². The molecule has 1 amide bonds. The molecule has 1 N–H and O–H groups in total. The van der Waals surface area contributed by atoms with Crippen molar-refractivity contribution in [1.82, 2.24) is 0 Å². The number of carbonyl (C=O) groups excluding carboxylic acids is 1. The third kappa shape index (κ3) is 5.03. The molecule has 30 heavy (non-hydrogen) atoms. The zero-order valence-electron chi connectivity index (χ0n) is 17.3. The summed E-state index contributed by atoms with van der Waals surface area (Å²) < 4.78 is 43.4. The Bertz CT molecular complexity index is 1020. The van der Waals surface area contributed by atoms with Crippen molar-refractivity contribution >= 4 is 27.3 Å². The van der Waals surface area contributed by atoms with E-state index in [1.807, 2.05) is 0 Å². The normalized spacial score (nSPS) is 13.5. The lowest BCUT2D eigenvalue weighted by Gasteiger charge is -2.29. The number of ether oxygens (including phenoxy) is 3. The smallest absolute Gasteiger partial charge is 0.252 e. The Hall–Kier alpha value is -2.78. The van der Waals surface area contributed by atoms with Crippen LogP contribution in [0.1, 0.15) is 17.5 Å². The molecule has 162 valence electrons. The van der Waals surface area contributed by atoms with Crippen molar-refractivity contribution in [3.8, 4) is 11.5 Å². The molecule has 0 fully saturated rings. The van der Waals surface area contributed by atoms with Crippen molar-refractivity contribution in [2.24, 2.45) is 0 Å². The number of methoxy groups -OCH3 is 3. The molecule has 0 unspecified atom stereocenters. The fraction of sp³-hybridized carbons (Fsp3) is 0.381. The Morgan fingerprint density at radius 2 is 1.83 bits per heavy atom. The summed E-state index contributed by atoms with van der Waals surface area (Å²) in [5.74, 6) is 0.692. The molecule has 1 heterocycles. The maximum Gasteiger partial charge on any atom is 0.252 e. The lowest BCUT2D eigenvalue weighted by atomic mass is 10.0. The van der Waals surface area contributed by atoms with Crippen molar-refractivity contribution < 1.29 is 27.4 Å². The molecule has 9 heteroatoms. The first kappa shape index (κ1) is 21.9. The van der Waals surface area contributed by atoms with Gasteiger partial charge in [-0.05, 0) is 54.3 Å². The van der Waals surface area contributed by atoms with E-state index in [9.17, 15) is 13.2 Å². The number of hydrogen-bond donors (Lipinski definition) is 1. The van der Waals surface area contributed by atoms with Gasteiger partial charge < -0.3 is 19.1 Å². The topological polar surface area (TPSA) is 94.2 Å². The van der Waals surface area contributed by atoms with E-state index in [2.05, 4.69) is 4.72 Å². The van der Waals surface area contributed by atoms with Crippen LogP contribution in [0.3, 0.4) is 0 Å².